The molecule has 0 aliphatic heterocycles. The Hall–Kier alpha value is -2.16. The predicted molar refractivity (Wildman–Crippen MR) is 98.8 cm³/mol. The van der Waals surface area contributed by atoms with Crippen LogP contribution in [0.2, 0.25) is 0 Å². The maximum atomic E-state index is 10.2. The third kappa shape index (κ3) is 21.9. The van der Waals surface area contributed by atoms with E-state index in [0.717, 1.165) is 24.1 Å². The molecule has 0 radical (unpaired) electrons. The molecule has 0 spiro atoms. The van der Waals surface area contributed by atoms with Gasteiger partial charge >= 0.3 is 11.9 Å². The third-order valence-electron chi connectivity index (χ3n) is 2.69. The van der Waals surface area contributed by atoms with E-state index in [1.807, 2.05) is 60.7 Å². The fraction of sp³-hybridized carbons (Fsp3) is 0.150. The van der Waals surface area contributed by atoms with Gasteiger partial charge in [-0.2, -0.15) is 0 Å². The molecule has 8 heteroatoms. The molecule has 0 aliphatic carbocycles. The smallest absolute Gasteiger partial charge is 0.328 e. The second-order valence-electron chi connectivity index (χ2n) is 4.98. The molecular weight excluding hydrogens is 467 g/mol. The monoisotopic (exact) mass is 486 g/mol. The van der Waals surface area contributed by atoms with Crippen molar-refractivity contribution >= 4 is 24.0 Å². The molecule has 142 valence electrons. The Morgan fingerprint density at radius 2 is 1.25 bits per heavy atom. The molecule has 0 saturated heterocycles. The first-order chi connectivity index (χ1) is 12.3. The molecule has 2 aromatic rings. The summed E-state index contributed by atoms with van der Waals surface area (Å²) >= 11 is 0. The van der Waals surface area contributed by atoms with Crippen molar-refractivity contribution in [2.75, 3.05) is 0 Å². The SMILES string of the molecule is CC(=O)O.O=C(O)C=Cc1ccccc1.O=C(O)CCc1ccccc1.[Zn].[Zn]. The van der Waals surface area contributed by atoms with Crippen LogP contribution in [0.15, 0.2) is 66.7 Å². The number of carboxylic acid groups (broad SMARTS) is 3. The number of benzene rings is 2. The van der Waals surface area contributed by atoms with Crippen molar-refractivity contribution in [2.24, 2.45) is 0 Å². The van der Waals surface area contributed by atoms with Gasteiger partial charge in [0.15, 0.2) is 0 Å². The van der Waals surface area contributed by atoms with E-state index in [9.17, 15) is 9.59 Å². The maximum Gasteiger partial charge on any atom is 0.328 e. The largest absolute Gasteiger partial charge is 0.481 e. The number of hydrogen-bond donors (Lipinski definition) is 3. The van der Waals surface area contributed by atoms with Crippen LogP contribution >= 0.6 is 0 Å². The fourth-order valence-corrected chi connectivity index (χ4v) is 1.63. The van der Waals surface area contributed by atoms with Crippen molar-refractivity contribution in [1.82, 2.24) is 0 Å². The standard InChI is InChI=1S/C9H10O2.C9H8O2.C2H4O2.2Zn/c2*10-9(11)7-6-8-4-2-1-3-5-8;1-2(3)4;;/h1-5H,6-7H2,(H,10,11);1-7H,(H,10,11);1H3,(H,3,4);;. The predicted octanol–water partition coefficient (Wildman–Crippen LogP) is 3.57. The van der Waals surface area contributed by atoms with Crippen LogP contribution in [0.4, 0.5) is 0 Å². The van der Waals surface area contributed by atoms with Gasteiger partial charge in [0.25, 0.3) is 5.97 Å². The average Bonchev–Trinajstić information content (AvgIpc) is 2.60. The van der Waals surface area contributed by atoms with Gasteiger partial charge in [-0.05, 0) is 23.6 Å². The molecule has 0 aromatic heterocycles. The quantitative estimate of drug-likeness (QED) is 0.438. The molecule has 0 aliphatic rings. The molecule has 28 heavy (non-hydrogen) atoms. The number of rotatable bonds is 5. The van der Waals surface area contributed by atoms with Gasteiger partial charge in [0.05, 0.1) is 0 Å². The minimum Gasteiger partial charge on any atom is -0.481 e. The number of hydrogen-bond acceptors (Lipinski definition) is 3. The molecule has 6 nitrogen and oxygen atoms in total. The Labute approximate surface area is 189 Å². The number of aryl methyl sites for hydroxylation is 1. The molecule has 0 fully saturated rings. The van der Waals surface area contributed by atoms with Gasteiger partial charge in [0, 0.05) is 58.4 Å². The summed E-state index contributed by atoms with van der Waals surface area (Å²) in [6.07, 6.45) is 3.51. The van der Waals surface area contributed by atoms with Gasteiger partial charge in [0.2, 0.25) is 0 Å². The Morgan fingerprint density at radius 3 is 1.64 bits per heavy atom. The number of carboxylic acids is 3. The molecule has 2 rings (SSSR count). The normalized spacial score (nSPS) is 8.61. The Bertz CT molecular complexity index is 699. The molecule has 0 atom stereocenters. The minimum atomic E-state index is -0.922. The van der Waals surface area contributed by atoms with Gasteiger partial charge in [-0.1, -0.05) is 60.7 Å². The van der Waals surface area contributed by atoms with Crippen molar-refractivity contribution < 1.29 is 68.7 Å². The maximum absolute atomic E-state index is 10.2. The molecule has 0 unspecified atom stereocenters. The van der Waals surface area contributed by atoms with Crippen molar-refractivity contribution in [2.45, 2.75) is 19.8 Å². The number of carbonyl (C=O) groups is 3. The second-order valence-corrected chi connectivity index (χ2v) is 4.98. The summed E-state index contributed by atoms with van der Waals surface area (Å²) in [5.74, 6) is -2.50. The molecule has 0 heterocycles. The third-order valence-corrected chi connectivity index (χ3v) is 2.69. The van der Waals surface area contributed by atoms with E-state index in [4.69, 9.17) is 20.1 Å². The Balaban J connectivity index is -0.000000355. The van der Waals surface area contributed by atoms with E-state index in [2.05, 4.69) is 0 Å². The zero-order valence-electron chi connectivity index (χ0n) is 15.8. The topological polar surface area (TPSA) is 112 Å². The van der Waals surface area contributed by atoms with Gasteiger partial charge < -0.3 is 15.3 Å². The first kappa shape index (κ1) is 30.6. The molecule has 0 saturated carbocycles. The second kappa shape index (κ2) is 19.6. The van der Waals surface area contributed by atoms with E-state index < -0.39 is 17.9 Å². The summed E-state index contributed by atoms with van der Waals surface area (Å²) in [6.45, 7) is 1.08. The van der Waals surface area contributed by atoms with Crippen molar-refractivity contribution in [3.63, 3.8) is 0 Å². The van der Waals surface area contributed by atoms with Crippen LogP contribution in [0.5, 0.6) is 0 Å². The summed E-state index contributed by atoms with van der Waals surface area (Å²) in [6, 6.07) is 18.9. The van der Waals surface area contributed by atoms with Crippen LogP contribution in [-0.4, -0.2) is 33.2 Å². The zero-order valence-corrected chi connectivity index (χ0v) is 21.8. The van der Waals surface area contributed by atoms with Crippen molar-refractivity contribution in [1.29, 1.82) is 0 Å². The van der Waals surface area contributed by atoms with Crippen LogP contribution in [0.3, 0.4) is 0 Å². The van der Waals surface area contributed by atoms with Crippen LogP contribution in [0.1, 0.15) is 24.5 Å². The summed E-state index contributed by atoms with van der Waals surface area (Å²) in [5, 5.41) is 24.1. The van der Waals surface area contributed by atoms with E-state index >= 15 is 0 Å². The van der Waals surface area contributed by atoms with Gasteiger partial charge in [-0.25, -0.2) is 4.79 Å². The zero-order chi connectivity index (χ0) is 19.8. The molecule has 2 aromatic carbocycles. The number of aliphatic carboxylic acids is 3. The van der Waals surface area contributed by atoms with Gasteiger partial charge in [-0.15, -0.1) is 0 Å². The summed E-state index contributed by atoms with van der Waals surface area (Å²) in [5.41, 5.74) is 1.98. The summed E-state index contributed by atoms with van der Waals surface area (Å²) < 4.78 is 0. The van der Waals surface area contributed by atoms with E-state index in [1.54, 1.807) is 6.08 Å². The van der Waals surface area contributed by atoms with E-state index in [1.165, 1.54) is 0 Å². The van der Waals surface area contributed by atoms with Crippen LogP contribution < -0.4 is 0 Å². The summed E-state index contributed by atoms with van der Waals surface area (Å²) in [4.78, 5) is 29.3. The summed E-state index contributed by atoms with van der Waals surface area (Å²) in [7, 11) is 0. The van der Waals surface area contributed by atoms with Crippen molar-refractivity contribution in [3.8, 4) is 0 Å². The van der Waals surface area contributed by atoms with E-state index in [-0.39, 0.29) is 45.4 Å². The molecule has 0 bridgehead atoms. The van der Waals surface area contributed by atoms with Crippen LogP contribution in [-0.2, 0) is 59.8 Å². The van der Waals surface area contributed by atoms with E-state index in [0.29, 0.717) is 6.42 Å². The molecule has 0 amide bonds. The Kier molecular flexibility index (Phi) is 21.4. The molecule has 3 N–H and O–H groups in total. The van der Waals surface area contributed by atoms with Crippen molar-refractivity contribution in [3.05, 3.63) is 77.9 Å². The van der Waals surface area contributed by atoms with Gasteiger partial charge in [-0.3, -0.25) is 9.59 Å². The molecular formula is C20H22O6Zn2. The fourth-order valence-electron chi connectivity index (χ4n) is 1.63. The first-order valence-corrected chi connectivity index (χ1v) is 7.72. The first-order valence-electron chi connectivity index (χ1n) is 7.72. The van der Waals surface area contributed by atoms with Crippen LogP contribution in [0.25, 0.3) is 6.08 Å². The Morgan fingerprint density at radius 1 is 0.821 bits per heavy atom. The van der Waals surface area contributed by atoms with Gasteiger partial charge in [0.1, 0.15) is 0 Å². The average molecular weight is 489 g/mol. The van der Waals surface area contributed by atoms with Crippen LogP contribution in [0, 0.1) is 0 Å². The minimum absolute atomic E-state index is 0.